The molecule has 0 aromatic carbocycles. The fourth-order valence-corrected chi connectivity index (χ4v) is 2.22. The molecule has 0 atom stereocenters. The zero-order chi connectivity index (χ0) is 14.8. The smallest absolute Gasteiger partial charge is 0.354 e. The monoisotopic (exact) mass is 287 g/mol. The molecule has 0 bridgehead atoms. The Morgan fingerprint density at radius 3 is 3.00 bits per heavy atom. The summed E-state index contributed by atoms with van der Waals surface area (Å²) in [7, 11) is 1.49. The third-order valence-corrected chi connectivity index (χ3v) is 3.22. The van der Waals surface area contributed by atoms with Crippen LogP contribution < -0.4 is 10.1 Å². The molecule has 0 aliphatic carbocycles. The normalized spacial score (nSPS) is 13.6. The number of aromatic carboxylic acids is 1. The van der Waals surface area contributed by atoms with E-state index in [-0.39, 0.29) is 11.5 Å². The maximum Gasteiger partial charge on any atom is 0.354 e. The number of nitrogens with one attached hydrogen (secondary N) is 1. The summed E-state index contributed by atoms with van der Waals surface area (Å²) in [6.07, 6.45) is 1.93. The first-order valence-corrected chi connectivity index (χ1v) is 6.39. The molecular formula is C13H13N5O3. The van der Waals surface area contributed by atoms with Crippen molar-refractivity contribution in [3.05, 3.63) is 29.3 Å². The molecule has 0 saturated carbocycles. The van der Waals surface area contributed by atoms with E-state index >= 15 is 0 Å². The summed E-state index contributed by atoms with van der Waals surface area (Å²) in [6, 6.07) is 1.57. The van der Waals surface area contributed by atoms with Gasteiger partial charge in [-0.05, 0) is 13.0 Å². The fourth-order valence-electron chi connectivity index (χ4n) is 2.22. The van der Waals surface area contributed by atoms with E-state index in [4.69, 9.17) is 4.74 Å². The van der Waals surface area contributed by atoms with Crippen LogP contribution in [0, 0.1) is 0 Å². The third-order valence-electron chi connectivity index (χ3n) is 3.22. The average molecular weight is 287 g/mol. The number of carbonyl (C=O) groups is 1. The Balaban J connectivity index is 2.14. The molecule has 2 N–H and O–H groups in total. The predicted octanol–water partition coefficient (Wildman–Crippen LogP) is 0.286. The molecule has 0 fully saturated rings. The van der Waals surface area contributed by atoms with Gasteiger partial charge in [0.1, 0.15) is 12.0 Å². The van der Waals surface area contributed by atoms with E-state index < -0.39 is 5.97 Å². The average Bonchev–Trinajstić information content (AvgIpc) is 2.53. The van der Waals surface area contributed by atoms with Crippen LogP contribution in [0.15, 0.2) is 12.4 Å². The van der Waals surface area contributed by atoms with E-state index in [2.05, 4.69) is 25.3 Å². The van der Waals surface area contributed by atoms with E-state index in [1.807, 2.05) is 0 Å². The number of fused-ring (bicyclic) bond motifs is 1. The summed E-state index contributed by atoms with van der Waals surface area (Å²) in [5.74, 6) is -0.426. The van der Waals surface area contributed by atoms with E-state index in [1.54, 1.807) is 6.07 Å². The van der Waals surface area contributed by atoms with Crippen LogP contribution in [0.4, 0.5) is 0 Å². The molecule has 2 aromatic rings. The summed E-state index contributed by atoms with van der Waals surface area (Å²) >= 11 is 0. The molecule has 3 rings (SSSR count). The molecule has 21 heavy (non-hydrogen) atoms. The molecule has 0 saturated heterocycles. The molecule has 108 valence electrons. The Kier molecular flexibility index (Phi) is 3.44. The number of carboxylic acids is 1. The number of rotatable bonds is 3. The van der Waals surface area contributed by atoms with Crippen molar-refractivity contribution in [2.75, 3.05) is 13.7 Å². The summed E-state index contributed by atoms with van der Waals surface area (Å²) in [5, 5.41) is 12.5. The number of hydrogen-bond donors (Lipinski definition) is 2. The molecule has 8 heteroatoms. The van der Waals surface area contributed by atoms with E-state index in [9.17, 15) is 9.90 Å². The molecule has 0 amide bonds. The Morgan fingerprint density at radius 2 is 2.24 bits per heavy atom. The Hall–Kier alpha value is -2.61. The third kappa shape index (κ3) is 2.52. The highest BCUT2D eigenvalue weighted by Gasteiger charge is 2.22. The second-order valence-electron chi connectivity index (χ2n) is 4.50. The van der Waals surface area contributed by atoms with Crippen molar-refractivity contribution in [2.24, 2.45) is 0 Å². The Labute approximate surface area is 120 Å². The van der Waals surface area contributed by atoms with Crippen LogP contribution in [0.3, 0.4) is 0 Å². The van der Waals surface area contributed by atoms with Gasteiger partial charge >= 0.3 is 5.97 Å². The number of hydrogen-bond acceptors (Lipinski definition) is 7. The highest BCUT2D eigenvalue weighted by Crippen LogP contribution is 2.22. The molecule has 0 spiro atoms. The van der Waals surface area contributed by atoms with Gasteiger partial charge in [0, 0.05) is 18.2 Å². The standard InChI is InChI=1S/C13H13N5O3/c1-21-10-4-8(15-6-16-10)12-17-9-5-14-3-2-7(9)11(18-12)13(19)20/h4,6,14H,2-3,5H2,1H3,(H,19,20). The van der Waals surface area contributed by atoms with E-state index in [1.165, 1.54) is 13.4 Å². The number of aromatic nitrogens is 4. The number of methoxy groups -OCH3 is 1. The fraction of sp³-hybridized carbons (Fsp3) is 0.308. The second kappa shape index (κ2) is 5.41. The minimum Gasteiger partial charge on any atom is -0.481 e. The van der Waals surface area contributed by atoms with Gasteiger partial charge in [-0.1, -0.05) is 0 Å². The Bertz CT molecular complexity index is 704. The first kappa shape index (κ1) is 13.4. The summed E-state index contributed by atoms with van der Waals surface area (Å²) in [6.45, 7) is 1.24. The summed E-state index contributed by atoms with van der Waals surface area (Å²) in [4.78, 5) is 28.0. The highest BCUT2D eigenvalue weighted by molar-refractivity contribution is 5.88. The lowest BCUT2D eigenvalue weighted by Gasteiger charge is -2.18. The second-order valence-corrected chi connectivity index (χ2v) is 4.50. The molecule has 1 aliphatic rings. The highest BCUT2D eigenvalue weighted by atomic mass is 16.5. The number of nitrogens with zero attached hydrogens (tertiary/aromatic N) is 4. The van der Waals surface area contributed by atoms with Gasteiger partial charge in [0.2, 0.25) is 5.88 Å². The molecule has 3 heterocycles. The lowest BCUT2D eigenvalue weighted by Crippen LogP contribution is -2.27. The van der Waals surface area contributed by atoms with Gasteiger partial charge in [-0.15, -0.1) is 0 Å². The minimum atomic E-state index is -1.06. The van der Waals surface area contributed by atoms with Gasteiger partial charge in [0.15, 0.2) is 11.5 Å². The first-order chi connectivity index (χ1) is 10.2. The maximum atomic E-state index is 11.4. The van der Waals surface area contributed by atoms with Crippen molar-refractivity contribution >= 4 is 5.97 Å². The molecular weight excluding hydrogens is 274 g/mol. The molecule has 0 unspecified atom stereocenters. The van der Waals surface area contributed by atoms with Crippen molar-refractivity contribution in [1.29, 1.82) is 0 Å². The van der Waals surface area contributed by atoms with Crippen LogP contribution in [0.25, 0.3) is 11.5 Å². The molecule has 2 aromatic heterocycles. The van der Waals surface area contributed by atoms with Gasteiger partial charge in [0.25, 0.3) is 0 Å². The van der Waals surface area contributed by atoms with Crippen molar-refractivity contribution in [2.45, 2.75) is 13.0 Å². The van der Waals surface area contributed by atoms with Gasteiger partial charge in [-0.25, -0.2) is 24.7 Å². The maximum absolute atomic E-state index is 11.4. The van der Waals surface area contributed by atoms with Crippen molar-refractivity contribution in [3.63, 3.8) is 0 Å². The van der Waals surface area contributed by atoms with Gasteiger partial charge in [-0.2, -0.15) is 0 Å². The van der Waals surface area contributed by atoms with Gasteiger partial charge in [0.05, 0.1) is 12.8 Å². The Morgan fingerprint density at radius 1 is 1.38 bits per heavy atom. The van der Waals surface area contributed by atoms with Crippen LogP contribution in [0.2, 0.25) is 0 Å². The summed E-state index contributed by atoms with van der Waals surface area (Å²) in [5.41, 5.74) is 1.85. The van der Waals surface area contributed by atoms with Crippen LogP contribution in [-0.4, -0.2) is 44.7 Å². The predicted molar refractivity (Wildman–Crippen MR) is 72.0 cm³/mol. The van der Waals surface area contributed by atoms with Crippen LogP contribution in [0.5, 0.6) is 5.88 Å². The van der Waals surface area contributed by atoms with Crippen LogP contribution in [0.1, 0.15) is 21.7 Å². The zero-order valence-electron chi connectivity index (χ0n) is 11.3. The topological polar surface area (TPSA) is 110 Å². The van der Waals surface area contributed by atoms with Crippen molar-refractivity contribution in [1.82, 2.24) is 25.3 Å². The lowest BCUT2D eigenvalue weighted by atomic mass is 10.0. The van der Waals surface area contributed by atoms with E-state index in [0.29, 0.717) is 35.8 Å². The quantitative estimate of drug-likeness (QED) is 0.828. The largest absolute Gasteiger partial charge is 0.481 e. The molecule has 8 nitrogen and oxygen atoms in total. The van der Waals surface area contributed by atoms with Crippen LogP contribution >= 0.6 is 0 Å². The van der Waals surface area contributed by atoms with Crippen molar-refractivity contribution < 1.29 is 14.6 Å². The minimum absolute atomic E-state index is 0.0362. The summed E-state index contributed by atoms with van der Waals surface area (Å²) < 4.78 is 5.03. The molecule has 1 aliphatic heterocycles. The molecule has 0 radical (unpaired) electrons. The van der Waals surface area contributed by atoms with Gasteiger partial charge in [-0.3, -0.25) is 0 Å². The first-order valence-electron chi connectivity index (χ1n) is 6.39. The number of carboxylic acid groups (broad SMARTS) is 1. The number of ether oxygens (including phenoxy) is 1. The van der Waals surface area contributed by atoms with Gasteiger partial charge < -0.3 is 15.2 Å². The lowest BCUT2D eigenvalue weighted by molar-refractivity contribution is 0.0688. The zero-order valence-corrected chi connectivity index (χ0v) is 11.3. The van der Waals surface area contributed by atoms with Crippen LogP contribution in [-0.2, 0) is 13.0 Å². The SMILES string of the molecule is COc1cc(-c2nc3c(c(C(=O)O)n2)CCNC3)ncn1. The van der Waals surface area contributed by atoms with E-state index in [0.717, 1.165) is 6.54 Å². The van der Waals surface area contributed by atoms with Crippen molar-refractivity contribution in [3.8, 4) is 17.4 Å².